The first-order valence-electron chi connectivity index (χ1n) is 8.18. The van der Waals surface area contributed by atoms with Crippen LogP contribution < -0.4 is 5.32 Å². The zero-order valence-corrected chi connectivity index (χ0v) is 13.0. The van der Waals surface area contributed by atoms with E-state index >= 15 is 0 Å². The summed E-state index contributed by atoms with van der Waals surface area (Å²) in [6, 6.07) is 8.78. The molecular weight excluding hydrogens is 246 g/mol. The Balaban J connectivity index is 1.76. The van der Waals surface area contributed by atoms with Gasteiger partial charge in [0.25, 0.3) is 0 Å². The Kier molecular flexibility index (Phi) is 6.55. The first-order chi connectivity index (χ1) is 9.78. The highest BCUT2D eigenvalue weighted by Crippen LogP contribution is 2.26. The molecule has 1 N–H and O–H groups in total. The summed E-state index contributed by atoms with van der Waals surface area (Å²) in [6.45, 7) is 7.36. The highest BCUT2D eigenvalue weighted by atomic mass is 16.5. The monoisotopic (exact) mass is 275 g/mol. The molecule has 0 saturated heterocycles. The van der Waals surface area contributed by atoms with Gasteiger partial charge in [0.15, 0.2) is 0 Å². The molecule has 2 heteroatoms. The Morgan fingerprint density at radius 2 is 1.90 bits per heavy atom. The minimum absolute atomic E-state index is 0.480. The molecule has 112 valence electrons. The minimum atomic E-state index is 0.480. The van der Waals surface area contributed by atoms with E-state index in [1.165, 1.54) is 43.2 Å². The van der Waals surface area contributed by atoms with Crippen LogP contribution in [0.5, 0.6) is 0 Å². The quantitative estimate of drug-likeness (QED) is 0.750. The number of rotatable bonds is 7. The van der Waals surface area contributed by atoms with E-state index in [9.17, 15) is 0 Å². The van der Waals surface area contributed by atoms with Gasteiger partial charge in [-0.05, 0) is 55.7 Å². The van der Waals surface area contributed by atoms with Crippen molar-refractivity contribution in [3.8, 4) is 0 Å². The Morgan fingerprint density at radius 1 is 1.15 bits per heavy atom. The van der Waals surface area contributed by atoms with Crippen LogP contribution in [0.15, 0.2) is 24.3 Å². The smallest absolute Gasteiger partial charge is 0.0720 e. The Labute approximate surface area is 123 Å². The highest BCUT2D eigenvalue weighted by molar-refractivity contribution is 5.22. The van der Waals surface area contributed by atoms with Crippen molar-refractivity contribution in [2.75, 3.05) is 6.54 Å². The van der Waals surface area contributed by atoms with Gasteiger partial charge >= 0.3 is 0 Å². The second-order valence-corrected chi connectivity index (χ2v) is 6.19. The number of nitrogens with one attached hydrogen (secondary N) is 1. The fourth-order valence-corrected chi connectivity index (χ4v) is 2.85. The van der Waals surface area contributed by atoms with E-state index in [2.05, 4.69) is 43.4 Å². The van der Waals surface area contributed by atoms with Gasteiger partial charge in [-0.1, -0.05) is 38.1 Å². The molecule has 1 aromatic carbocycles. The van der Waals surface area contributed by atoms with Crippen LogP contribution in [0.2, 0.25) is 0 Å². The fraction of sp³-hybridized carbons (Fsp3) is 0.667. The number of ether oxygens (including phenoxy) is 1. The van der Waals surface area contributed by atoms with Gasteiger partial charge in [-0.15, -0.1) is 0 Å². The predicted molar refractivity (Wildman–Crippen MR) is 84.6 cm³/mol. The molecule has 1 aliphatic rings. The SMILES string of the molecule is CCCNCc1cccc(COC2CCC(C)CC2)c1. The van der Waals surface area contributed by atoms with Gasteiger partial charge in [0.05, 0.1) is 12.7 Å². The summed E-state index contributed by atoms with van der Waals surface area (Å²) in [5.41, 5.74) is 2.66. The third-order valence-corrected chi connectivity index (χ3v) is 4.20. The van der Waals surface area contributed by atoms with Gasteiger partial charge < -0.3 is 10.1 Å². The van der Waals surface area contributed by atoms with Crippen LogP contribution in [0.4, 0.5) is 0 Å². The molecule has 0 amide bonds. The average molecular weight is 275 g/mol. The maximum absolute atomic E-state index is 6.08. The van der Waals surface area contributed by atoms with E-state index in [-0.39, 0.29) is 0 Å². The second kappa shape index (κ2) is 8.43. The van der Waals surface area contributed by atoms with Crippen molar-refractivity contribution < 1.29 is 4.74 Å². The van der Waals surface area contributed by atoms with Crippen molar-refractivity contribution >= 4 is 0 Å². The molecule has 0 aromatic heterocycles. The second-order valence-electron chi connectivity index (χ2n) is 6.19. The molecule has 1 saturated carbocycles. The standard InChI is InChI=1S/C18H29NO/c1-3-11-19-13-16-5-4-6-17(12-16)14-20-18-9-7-15(2)8-10-18/h4-6,12,15,18-19H,3,7-11,13-14H2,1-2H3. The van der Waals surface area contributed by atoms with E-state index in [1.807, 2.05) is 0 Å². The lowest BCUT2D eigenvalue weighted by Crippen LogP contribution is -2.20. The molecule has 0 aliphatic heterocycles. The fourth-order valence-electron chi connectivity index (χ4n) is 2.85. The predicted octanol–water partition coefficient (Wildman–Crippen LogP) is 4.28. The van der Waals surface area contributed by atoms with Gasteiger partial charge in [0.1, 0.15) is 0 Å². The van der Waals surface area contributed by atoms with Crippen LogP contribution in [0.25, 0.3) is 0 Å². The van der Waals surface area contributed by atoms with E-state index in [0.717, 1.165) is 25.6 Å². The normalized spacial score (nSPS) is 22.9. The van der Waals surface area contributed by atoms with E-state index in [4.69, 9.17) is 4.74 Å². The van der Waals surface area contributed by atoms with Gasteiger partial charge in [0, 0.05) is 6.54 Å². The Bertz CT molecular complexity index is 383. The van der Waals surface area contributed by atoms with Crippen molar-refractivity contribution in [1.29, 1.82) is 0 Å². The van der Waals surface area contributed by atoms with Crippen LogP contribution in [-0.2, 0) is 17.9 Å². The van der Waals surface area contributed by atoms with Crippen LogP contribution >= 0.6 is 0 Å². The molecule has 2 rings (SSSR count). The lowest BCUT2D eigenvalue weighted by atomic mass is 9.89. The zero-order chi connectivity index (χ0) is 14.2. The van der Waals surface area contributed by atoms with Gasteiger partial charge in [0.2, 0.25) is 0 Å². The van der Waals surface area contributed by atoms with E-state index < -0.39 is 0 Å². The molecule has 0 unspecified atom stereocenters. The maximum atomic E-state index is 6.08. The summed E-state index contributed by atoms with van der Waals surface area (Å²) in [6.07, 6.45) is 6.78. The minimum Gasteiger partial charge on any atom is -0.374 e. The molecule has 1 fully saturated rings. The first kappa shape index (κ1) is 15.5. The van der Waals surface area contributed by atoms with E-state index in [0.29, 0.717) is 6.10 Å². The Morgan fingerprint density at radius 3 is 2.65 bits per heavy atom. The van der Waals surface area contributed by atoms with Crippen molar-refractivity contribution in [1.82, 2.24) is 5.32 Å². The number of benzene rings is 1. The molecule has 0 heterocycles. The summed E-state index contributed by atoms with van der Waals surface area (Å²) in [5, 5.41) is 3.45. The van der Waals surface area contributed by atoms with Crippen LogP contribution in [0.1, 0.15) is 57.1 Å². The molecule has 0 atom stereocenters. The summed E-state index contributed by atoms with van der Waals surface area (Å²) in [4.78, 5) is 0. The number of hydrogen-bond acceptors (Lipinski definition) is 2. The summed E-state index contributed by atoms with van der Waals surface area (Å²) in [5.74, 6) is 0.891. The molecule has 1 aromatic rings. The van der Waals surface area contributed by atoms with Gasteiger partial charge in [-0.3, -0.25) is 0 Å². The van der Waals surface area contributed by atoms with Crippen molar-refractivity contribution in [2.24, 2.45) is 5.92 Å². The van der Waals surface area contributed by atoms with Gasteiger partial charge in [-0.25, -0.2) is 0 Å². The summed E-state index contributed by atoms with van der Waals surface area (Å²) < 4.78 is 6.08. The third kappa shape index (κ3) is 5.26. The third-order valence-electron chi connectivity index (χ3n) is 4.20. The zero-order valence-electron chi connectivity index (χ0n) is 13.0. The molecule has 0 radical (unpaired) electrons. The van der Waals surface area contributed by atoms with Crippen LogP contribution in [0, 0.1) is 5.92 Å². The van der Waals surface area contributed by atoms with Crippen LogP contribution in [0.3, 0.4) is 0 Å². The molecule has 20 heavy (non-hydrogen) atoms. The average Bonchev–Trinajstić information content (AvgIpc) is 2.47. The molecule has 1 aliphatic carbocycles. The van der Waals surface area contributed by atoms with Gasteiger partial charge in [-0.2, -0.15) is 0 Å². The largest absolute Gasteiger partial charge is 0.374 e. The lowest BCUT2D eigenvalue weighted by Gasteiger charge is -2.26. The highest BCUT2D eigenvalue weighted by Gasteiger charge is 2.18. The lowest BCUT2D eigenvalue weighted by molar-refractivity contribution is 0.00875. The topological polar surface area (TPSA) is 21.3 Å². The summed E-state index contributed by atoms with van der Waals surface area (Å²) >= 11 is 0. The van der Waals surface area contributed by atoms with Crippen molar-refractivity contribution in [3.63, 3.8) is 0 Å². The molecule has 0 spiro atoms. The molecule has 2 nitrogen and oxygen atoms in total. The molecule has 0 bridgehead atoms. The first-order valence-corrected chi connectivity index (χ1v) is 8.18. The summed E-state index contributed by atoms with van der Waals surface area (Å²) in [7, 11) is 0. The van der Waals surface area contributed by atoms with Crippen molar-refractivity contribution in [2.45, 2.75) is 65.2 Å². The number of hydrogen-bond donors (Lipinski definition) is 1. The Hall–Kier alpha value is -0.860. The van der Waals surface area contributed by atoms with E-state index in [1.54, 1.807) is 0 Å². The maximum Gasteiger partial charge on any atom is 0.0720 e. The molecular formula is C18H29NO. The van der Waals surface area contributed by atoms with Crippen LogP contribution in [-0.4, -0.2) is 12.6 Å². The van der Waals surface area contributed by atoms with Crippen molar-refractivity contribution in [3.05, 3.63) is 35.4 Å².